The summed E-state index contributed by atoms with van der Waals surface area (Å²) >= 11 is 11.5. The van der Waals surface area contributed by atoms with Crippen LogP contribution in [0.5, 0.6) is 0 Å². The van der Waals surface area contributed by atoms with Gasteiger partial charge in [-0.15, -0.1) is 0 Å². The van der Waals surface area contributed by atoms with E-state index < -0.39 is 5.56 Å². The van der Waals surface area contributed by atoms with Crippen molar-refractivity contribution in [3.05, 3.63) is 44.8 Å². The van der Waals surface area contributed by atoms with Crippen molar-refractivity contribution >= 4 is 23.2 Å². The molecule has 18 heavy (non-hydrogen) atoms. The van der Waals surface area contributed by atoms with E-state index in [1.807, 2.05) is 4.57 Å². The Bertz CT molecular complexity index is 605. The summed E-state index contributed by atoms with van der Waals surface area (Å²) in [6.45, 7) is 3.26. The number of aromatic nitrogens is 4. The maximum Gasteiger partial charge on any atom is 0.287 e. The molecule has 2 heterocycles. The molecule has 0 aliphatic heterocycles. The summed E-state index contributed by atoms with van der Waals surface area (Å²) < 4.78 is 3.26. The van der Waals surface area contributed by atoms with Crippen LogP contribution in [-0.2, 0) is 13.1 Å². The lowest BCUT2D eigenvalue weighted by Crippen LogP contribution is -2.24. The second kappa shape index (κ2) is 5.54. The molecule has 2 aromatic heterocycles. The van der Waals surface area contributed by atoms with Gasteiger partial charge in [0.1, 0.15) is 5.02 Å². The molecular formula is C11H12Cl2N4O. The highest BCUT2D eigenvalue weighted by atomic mass is 35.5. The predicted molar refractivity (Wildman–Crippen MR) is 70.1 cm³/mol. The van der Waals surface area contributed by atoms with Crippen molar-refractivity contribution in [1.82, 2.24) is 19.3 Å². The van der Waals surface area contributed by atoms with E-state index in [-0.39, 0.29) is 10.0 Å². The van der Waals surface area contributed by atoms with E-state index in [1.165, 1.54) is 10.9 Å². The normalized spacial score (nSPS) is 10.8. The first kappa shape index (κ1) is 13.1. The van der Waals surface area contributed by atoms with Gasteiger partial charge in [0.2, 0.25) is 0 Å². The van der Waals surface area contributed by atoms with E-state index >= 15 is 0 Å². The Balaban J connectivity index is 2.32. The molecule has 0 aliphatic rings. The highest BCUT2D eigenvalue weighted by Crippen LogP contribution is 2.14. The van der Waals surface area contributed by atoms with Crippen LogP contribution in [0.4, 0.5) is 0 Å². The Morgan fingerprint density at radius 3 is 2.83 bits per heavy atom. The zero-order chi connectivity index (χ0) is 13.1. The molecule has 0 N–H and O–H groups in total. The van der Waals surface area contributed by atoms with E-state index in [2.05, 4.69) is 17.0 Å². The average Bonchev–Trinajstić information content (AvgIpc) is 2.78. The van der Waals surface area contributed by atoms with Crippen molar-refractivity contribution in [2.45, 2.75) is 26.4 Å². The van der Waals surface area contributed by atoms with Crippen molar-refractivity contribution in [3.63, 3.8) is 0 Å². The highest BCUT2D eigenvalue weighted by molar-refractivity contribution is 6.41. The molecule has 0 radical (unpaired) electrons. The SMILES string of the molecule is CCCn1cncc1Cn1ncc(Cl)c(Cl)c1=O. The van der Waals surface area contributed by atoms with Gasteiger partial charge in [-0.1, -0.05) is 30.1 Å². The van der Waals surface area contributed by atoms with Crippen molar-refractivity contribution < 1.29 is 0 Å². The molecule has 5 nitrogen and oxygen atoms in total. The molecule has 0 saturated carbocycles. The molecule has 96 valence electrons. The maximum absolute atomic E-state index is 11.8. The molecule has 0 bridgehead atoms. The smallest absolute Gasteiger partial charge is 0.287 e. The van der Waals surface area contributed by atoms with E-state index in [0.29, 0.717) is 6.54 Å². The van der Waals surface area contributed by atoms with Gasteiger partial charge in [0, 0.05) is 6.54 Å². The first-order valence-electron chi connectivity index (χ1n) is 5.53. The number of halogens is 2. The van der Waals surface area contributed by atoms with E-state index in [9.17, 15) is 4.79 Å². The van der Waals surface area contributed by atoms with Gasteiger partial charge in [0.15, 0.2) is 0 Å². The van der Waals surface area contributed by atoms with Crippen molar-refractivity contribution in [2.75, 3.05) is 0 Å². The zero-order valence-electron chi connectivity index (χ0n) is 9.81. The van der Waals surface area contributed by atoms with Crippen molar-refractivity contribution in [1.29, 1.82) is 0 Å². The van der Waals surface area contributed by atoms with E-state index in [4.69, 9.17) is 23.2 Å². The van der Waals surface area contributed by atoms with Gasteiger partial charge in [-0.2, -0.15) is 5.10 Å². The number of rotatable bonds is 4. The van der Waals surface area contributed by atoms with Crippen LogP contribution in [0.15, 0.2) is 23.5 Å². The van der Waals surface area contributed by atoms with Gasteiger partial charge >= 0.3 is 0 Å². The maximum atomic E-state index is 11.8. The number of imidazole rings is 1. The summed E-state index contributed by atoms with van der Waals surface area (Å²) in [5.74, 6) is 0. The van der Waals surface area contributed by atoms with Gasteiger partial charge in [-0.3, -0.25) is 4.79 Å². The van der Waals surface area contributed by atoms with Crippen LogP contribution in [0.25, 0.3) is 0 Å². The first-order valence-corrected chi connectivity index (χ1v) is 6.29. The van der Waals surface area contributed by atoms with Crippen LogP contribution < -0.4 is 5.56 Å². The molecule has 0 atom stereocenters. The number of hydrogen-bond donors (Lipinski definition) is 0. The molecule has 0 fully saturated rings. The summed E-state index contributed by atoms with van der Waals surface area (Å²) in [5.41, 5.74) is 0.512. The van der Waals surface area contributed by atoms with Crippen LogP contribution >= 0.6 is 23.2 Å². The fraction of sp³-hybridized carbons (Fsp3) is 0.364. The fourth-order valence-electron chi connectivity index (χ4n) is 1.63. The van der Waals surface area contributed by atoms with Crippen LogP contribution in [0.2, 0.25) is 10.0 Å². The molecule has 0 unspecified atom stereocenters. The summed E-state index contributed by atoms with van der Waals surface area (Å²) in [4.78, 5) is 15.9. The lowest BCUT2D eigenvalue weighted by Gasteiger charge is -2.08. The largest absolute Gasteiger partial charge is 0.333 e. The lowest BCUT2D eigenvalue weighted by atomic mass is 10.4. The van der Waals surface area contributed by atoms with Gasteiger partial charge in [0.05, 0.1) is 36.0 Å². The Morgan fingerprint density at radius 2 is 2.11 bits per heavy atom. The second-order valence-electron chi connectivity index (χ2n) is 3.85. The second-order valence-corrected chi connectivity index (χ2v) is 4.63. The van der Waals surface area contributed by atoms with Crippen LogP contribution in [0.1, 0.15) is 19.0 Å². The Morgan fingerprint density at radius 1 is 1.33 bits per heavy atom. The Kier molecular flexibility index (Phi) is 4.04. The van der Waals surface area contributed by atoms with Gasteiger partial charge < -0.3 is 4.57 Å². The third-order valence-corrected chi connectivity index (χ3v) is 3.27. The third kappa shape index (κ3) is 2.57. The predicted octanol–water partition coefficient (Wildman–Crippen LogP) is 2.20. The van der Waals surface area contributed by atoms with Gasteiger partial charge in [0.25, 0.3) is 5.56 Å². The van der Waals surface area contributed by atoms with E-state index in [1.54, 1.807) is 12.5 Å². The third-order valence-electron chi connectivity index (χ3n) is 2.52. The number of aryl methyl sites for hydroxylation is 1. The molecule has 0 amide bonds. The Labute approximate surface area is 114 Å². The van der Waals surface area contributed by atoms with Crippen LogP contribution in [-0.4, -0.2) is 19.3 Å². The zero-order valence-corrected chi connectivity index (χ0v) is 11.3. The highest BCUT2D eigenvalue weighted by Gasteiger charge is 2.09. The van der Waals surface area contributed by atoms with Gasteiger partial charge in [-0.25, -0.2) is 9.67 Å². The van der Waals surface area contributed by atoms with E-state index in [0.717, 1.165) is 18.7 Å². The molecule has 0 spiro atoms. The summed E-state index contributed by atoms with van der Waals surface area (Å²) in [6.07, 6.45) is 5.81. The van der Waals surface area contributed by atoms with Crippen molar-refractivity contribution in [3.8, 4) is 0 Å². The van der Waals surface area contributed by atoms with Crippen LogP contribution in [0.3, 0.4) is 0 Å². The topological polar surface area (TPSA) is 52.7 Å². The van der Waals surface area contributed by atoms with Crippen molar-refractivity contribution in [2.24, 2.45) is 0 Å². The molecular weight excluding hydrogens is 275 g/mol. The summed E-state index contributed by atoms with van der Waals surface area (Å²) in [5, 5.41) is 4.12. The summed E-state index contributed by atoms with van der Waals surface area (Å²) in [6, 6.07) is 0. The Hall–Kier alpha value is -1.33. The van der Waals surface area contributed by atoms with Crippen LogP contribution in [0, 0.1) is 0 Å². The molecule has 0 aromatic carbocycles. The minimum absolute atomic E-state index is 0.00627. The minimum atomic E-state index is -0.395. The molecule has 7 heteroatoms. The fourth-order valence-corrected chi connectivity index (χ4v) is 1.90. The lowest BCUT2D eigenvalue weighted by molar-refractivity contribution is 0.576. The molecule has 2 rings (SSSR count). The number of hydrogen-bond acceptors (Lipinski definition) is 3. The monoisotopic (exact) mass is 286 g/mol. The number of nitrogens with zero attached hydrogens (tertiary/aromatic N) is 4. The standard InChI is InChI=1S/C11H12Cl2N4O/c1-2-3-16-7-14-4-8(16)6-17-11(18)10(13)9(12)5-15-17/h4-5,7H,2-3,6H2,1H3. The molecule has 0 saturated heterocycles. The quantitative estimate of drug-likeness (QED) is 0.866. The summed E-state index contributed by atoms with van der Waals surface area (Å²) in [7, 11) is 0. The molecule has 2 aromatic rings. The van der Waals surface area contributed by atoms with Gasteiger partial charge in [-0.05, 0) is 6.42 Å². The average molecular weight is 287 g/mol. The minimum Gasteiger partial charge on any atom is -0.333 e. The first-order chi connectivity index (χ1) is 8.63. The molecule has 0 aliphatic carbocycles.